The van der Waals surface area contributed by atoms with Crippen LogP contribution in [-0.2, 0) is 19.5 Å². The highest BCUT2D eigenvalue weighted by Gasteiger charge is 2.33. The fraction of sp³-hybridized carbons (Fsp3) is 0.346. The van der Waals surface area contributed by atoms with Crippen LogP contribution in [0.1, 0.15) is 39.0 Å². The van der Waals surface area contributed by atoms with Crippen LogP contribution >= 0.6 is 0 Å². The lowest BCUT2D eigenvalue weighted by Crippen LogP contribution is -2.49. The van der Waals surface area contributed by atoms with E-state index in [1.807, 2.05) is 34.7 Å². The molecule has 0 N–H and O–H groups in total. The average Bonchev–Trinajstić information content (AvgIpc) is 3.27. The van der Waals surface area contributed by atoms with Crippen LogP contribution in [0, 0.1) is 5.82 Å². The van der Waals surface area contributed by atoms with Gasteiger partial charge in [0, 0.05) is 68.2 Å². The van der Waals surface area contributed by atoms with Crippen molar-refractivity contribution in [2.24, 2.45) is 0 Å². The molecule has 2 aliphatic rings. The Morgan fingerprint density at radius 2 is 1.59 bits per heavy atom. The molecule has 0 radical (unpaired) electrons. The Balaban J connectivity index is 1.33. The van der Waals surface area contributed by atoms with E-state index >= 15 is 0 Å². The van der Waals surface area contributed by atoms with Crippen molar-refractivity contribution in [2.45, 2.75) is 26.4 Å². The Hall–Kier alpha value is -3.68. The van der Waals surface area contributed by atoms with Gasteiger partial charge in [0.25, 0.3) is 11.8 Å². The predicted octanol–water partition coefficient (Wildman–Crippen LogP) is 3.20. The van der Waals surface area contributed by atoms with Gasteiger partial charge in [-0.25, -0.2) is 4.39 Å². The molecule has 3 heterocycles. The number of amides is 2. The van der Waals surface area contributed by atoms with E-state index in [1.165, 1.54) is 24.3 Å². The van der Waals surface area contributed by atoms with Crippen LogP contribution in [0.3, 0.4) is 0 Å². The third-order valence-corrected chi connectivity index (χ3v) is 6.70. The van der Waals surface area contributed by atoms with Crippen LogP contribution in [-0.4, -0.2) is 64.1 Å². The fourth-order valence-electron chi connectivity index (χ4n) is 4.83. The van der Waals surface area contributed by atoms with E-state index in [9.17, 15) is 14.0 Å². The molecule has 0 bridgehead atoms. The highest BCUT2D eigenvalue weighted by atomic mass is 19.1. The number of carbonyl (C=O) groups is 2. The van der Waals surface area contributed by atoms with Crippen LogP contribution in [0.25, 0.3) is 0 Å². The summed E-state index contributed by atoms with van der Waals surface area (Å²) in [6, 6.07) is 15.8. The van der Waals surface area contributed by atoms with Crippen LogP contribution < -0.4 is 4.90 Å². The Bertz CT molecular complexity index is 1180. The molecule has 1 aromatic heterocycles. The van der Waals surface area contributed by atoms with Gasteiger partial charge in [-0.1, -0.05) is 18.2 Å². The van der Waals surface area contributed by atoms with Gasteiger partial charge in [0.1, 0.15) is 5.82 Å². The number of anilines is 1. The summed E-state index contributed by atoms with van der Waals surface area (Å²) in [6.07, 6.45) is 0.637. The topological polar surface area (TPSA) is 61.7 Å². The standard InChI is InChI=1S/C26H28FN5O2/c1-2-32-23-12-13-31(25(33)19-8-10-20(27)11-9-19)18-22(23)24(28-32)26(34)30-16-14-29(15-17-30)21-6-4-3-5-7-21/h3-11H,2,12-18H2,1H3. The summed E-state index contributed by atoms with van der Waals surface area (Å²) >= 11 is 0. The highest BCUT2D eigenvalue weighted by molar-refractivity contribution is 5.96. The molecule has 0 atom stereocenters. The van der Waals surface area contributed by atoms with Gasteiger partial charge in [-0.15, -0.1) is 0 Å². The molecule has 0 saturated carbocycles. The summed E-state index contributed by atoms with van der Waals surface area (Å²) in [5.41, 5.74) is 3.91. The predicted molar refractivity (Wildman–Crippen MR) is 127 cm³/mol. The van der Waals surface area contributed by atoms with E-state index in [1.54, 1.807) is 4.90 Å². The largest absolute Gasteiger partial charge is 0.368 e. The number of rotatable bonds is 4. The normalized spacial score (nSPS) is 15.9. The lowest BCUT2D eigenvalue weighted by molar-refractivity contribution is 0.0709. The maximum absolute atomic E-state index is 13.5. The SMILES string of the molecule is CCn1nc(C(=O)N2CCN(c3ccccc3)CC2)c2c1CCN(C(=O)c1ccc(F)cc1)C2. The van der Waals surface area contributed by atoms with E-state index < -0.39 is 0 Å². The van der Waals surface area contributed by atoms with Crippen molar-refractivity contribution in [3.63, 3.8) is 0 Å². The Labute approximate surface area is 198 Å². The smallest absolute Gasteiger partial charge is 0.274 e. The number of para-hydroxylation sites is 1. The van der Waals surface area contributed by atoms with E-state index in [0.29, 0.717) is 50.4 Å². The third-order valence-electron chi connectivity index (χ3n) is 6.70. The monoisotopic (exact) mass is 461 g/mol. The van der Waals surface area contributed by atoms with E-state index in [0.717, 1.165) is 30.0 Å². The number of nitrogens with zero attached hydrogens (tertiary/aromatic N) is 5. The molecular weight excluding hydrogens is 433 g/mol. The second-order valence-electron chi connectivity index (χ2n) is 8.69. The lowest BCUT2D eigenvalue weighted by atomic mass is 10.0. The van der Waals surface area contributed by atoms with Gasteiger partial charge in [0.15, 0.2) is 5.69 Å². The summed E-state index contributed by atoms with van der Waals surface area (Å²) in [5.74, 6) is -0.612. The first kappa shape index (κ1) is 22.1. The van der Waals surface area contributed by atoms with Gasteiger partial charge < -0.3 is 14.7 Å². The first-order chi connectivity index (χ1) is 16.5. The average molecular weight is 462 g/mol. The second kappa shape index (κ2) is 9.29. The van der Waals surface area contributed by atoms with Crippen molar-refractivity contribution in [3.8, 4) is 0 Å². The van der Waals surface area contributed by atoms with Crippen molar-refractivity contribution in [1.29, 1.82) is 0 Å². The van der Waals surface area contributed by atoms with Gasteiger partial charge in [-0.05, 0) is 43.3 Å². The van der Waals surface area contributed by atoms with Gasteiger partial charge in [0.05, 0.1) is 6.54 Å². The molecule has 1 saturated heterocycles. The zero-order chi connectivity index (χ0) is 23.7. The zero-order valence-electron chi connectivity index (χ0n) is 19.3. The fourth-order valence-corrected chi connectivity index (χ4v) is 4.83. The second-order valence-corrected chi connectivity index (χ2v) is 8.69. The summed E-state index contributed by atoms with van der Waals surface area (Å²) in [7, 11) is 0. The Morgan fingerprint density at radius 3 is 2.26 bits per heavy atom. The first-order valence-electron chi connectivity index (χ1n) is 11.8. The van der Waals surface area contributed by atoms with Gasteiger partial charge >= 0.3 is 0 Å². The third kappa shape index (κ3) is 4.16. The van der Waals surface area contributed by atoms with Gasteiger partial charge in [-0.2, -0.15) is 5.10 Å². The highest BCUT2D eigenvalue weighted by Crippen LogP contribution is 2.26. The number of benzene rings is 2. The molecule has 0 spiro atoms. The molecule has 2 aliphatic heterocycles. The summed E-state index contributed by atoms with van der Waals surface area (Å²) in [5, 5.41) is 4.67. The number of hydrogen-bond donors (Lipinski definition) is 0. The molecular formula is C26H28FN5O2. The molecule has 2 aromatic carbocycles. The minimum Gasteiger partial charge on any atom is -0.368 e. The Morgan fingerprint density at radius 1 is 0.882 bits per heavy atom. The molecule has 34 heavy (non-hydrogen) atoms. The molecule has 7 nitrogen and oxygen atoms in total. The van der Waals surface area contributed by atoms with Gasteiger partial charge in [0.2, 0.25) is 0 Å². The summed E-state index contributed by atoms with van der Waals surface area (Å²) < 4.78 is 15.2. The number of aromatic nitrogens is 2. The van der Waals surface area contributed by atoms with Crippen molar-refractivity contribution < 1.29 is 14.0 Å². The zero-order valence-corrected chi connectivity index (χ0v) is 19.3. The molecule has 8 heteroatoms. The van der Waals surface area contributed by atoms with Gasteiger partial charge in [-0.3, -0.25) is 14.3 Å². The van der Waals surface area contributed by atoms with E-state index in [-0.39, 0.29) is 17.6 Å². The number of carbonyl (C=O) groups excluding carboxylic acids is 2. The molecule has 0 aliphatic carbocycles. The van der Waals surface area contributed by atoms with E-state index in [2.05, 4.69) is 22.1 Å². The van der Waals surface area contributed by atoms with Crippen molar-refractivity contribution in [2.75, 3.05) is 37.6 Å². The number of hydrogen-bond acceptors (Lipinski definition) is 4. The summed E-state index contributed by atoms with van der Waals surface area (Å²) in [6.45, 7) is 6.33. The van der Waals surface area contributed by atoms with Crippen molar-refractivity contribution in [3.05, 3.63) is 82.9 Å². The molecule has 5 rings (SSSR count). The molecule has 1 fully saturated rings. The minimum atomic E-state index is -0.373. The van der Waals surface area contributed by atoms with E-state index in [4.69, 9.17) is 0 Å². The van der Waals surface area contributed by atoms with Crippen molar-refractivity contribution >= 4 is 17.5 Å². The first-order valence-corrected chi connectivity index (χ1v) is 11.8. The van der Waals surface area contributed by atoms with Crippen LogP contribution in [0.4, 0.5) is 10.1 Å². The summed E-state index contributed by atoms with van der Waals surface area (Å²) in [4.78, 5) is 32.4. The lowest BCUT2D eigenvalue weighted by Gasteiger charge is -2.36. The molecule has 176 valence electrons. The van der Waals surface area contributed by atoms with Crippen LogP contribution in [0.5, 0.6) is 0 Å². The number of fused-ring (bicyclic) bond motifs is 1. The maximum atomic E-state index is 13.5. The number of aryl methyl sites for hydroxylation is 1. The van der Waals surface area contributed by atoms with Crippen LogP contribution in [0.2, 0.25) is 0 Å². The quantitative estimate of drug-likeness (QED) is 0.599. The minimum absolute atomic E-state index is 0.0766. The Kier molecular flexibility index (Phi) is 6.04. The number of piperazine rings is 1. The maximum Gasteiger partial charge on any atom is 0.274 e. The van der Waals surface area contributed by atoms with Crippen LogP contribution in [0.15, 0.2) is 54.6 Å². The van der Waals surface area contributed by atoms with Crippen molar-refractivity contribution in [1.82, 2.24) is 19.6 Å². The number of halogens is 1. The molecule has 0 unspecified atom stereocenters. The molecule has 2 amide bonds. The molecule has 3 aromatic rings.